The highest BCUT2D eigenvalue weighted by molar-refractivity contribution is 5.24. The Morgan fingerprint density at radius 1 is 1.05 bits per heavy atom. The van der Waals surface area contributed by atoms with Gasteiger partial charge in [-0.25, -0.2) is 9.97 Å². The van der Waals surface area contributed by atoms with E-state index in [0.29, 0.717) is 0 Å². The van der Waals surface area contributed by atoms with Gasteiger partial charge in [-0.1, -0.05) is 0 Å². The van der Waals surface area contributed by atoms with Crippen LogP contribution < -0.4 is 5.32 Å². The summed E-state index contributed by atoms with van der Waals surface area (Å²) in [5.41, 5.74) is 3.76. The van der Waals surface area contributed by atoms with Gasteiger partial charge < -0.3 is 10.2 Å². The summed E-state index contributed by atoms with van der Waals surface area (Å²) in [6.45, 7) is 12.6. The summed E-state index contributed by atoms with van der Waals surface area (Å²) in [7, 11) is 4.08. The van der Waals surface area contributed by atoms with E-state index in [4.69, 9.17) is 0 Å². The fourth-order valence-corrected chi connectivity index (χ4v) is 2.25. The van der Waals surface area contributed by atoms with E-state index in [1.54, 1.807) is 0 Å². The molecule has 1 heterocycles. The van der Waals surface area contributed by atoms with Crippen molar-refractivity contribution in [3.05, 3.63) is 22.8 Å². The van der Waals surface area contributed by atoms with Crippen molar-refractivity contribution < 1.29 is 0 Å². The van der Waals surface area contributed by atoms with Crippen LogP contribution >= 0.6 is 0 Å². The SMILES string of the molecule is Cc1nc(CN(C)C)nc(C)c1CCCNC(C)(C)C. The molecule has 0 bridgehead atoms. The van der Waals surface area contributed by atoms with Gasteiger partial charge in [-0.15, -0.1) is 0 Å². The third-order valence-corrected chi connectivity index (χ3v) is 3.18. The Hall–Kier alpha value is -1.00. The number of nitrogens with one attached hydrogen (secondary N) is 1. The molecule has 0 atom stereocenters. The fourth-order valence-electron chi connectivity index (χ4n) is 2.25. The maximum atomic E-state index is 4.63. The minimum Gasteiger partial charge on any atom is -0.312 e. The van der Waals surface area contributed by atoms with Gasteiger partial charge in [-0.05, 0) is 73.7 Å². The van der Waals surface area contributed by atoms with Crippen molar-refractivity contribution in [3.8, 4) is 0 Å². The molecule has 4 heteroatoms. The van der Waals surface area contributed by atoms with E-state index in [0.717, 1.165) is 43.1 Å². The number of hydrogen-bond acceptors (Lipinski definition) is 4. The first kappa shape index (κ1) is 17.1. The summed E-state index contributed by atoms with van der Waals surface area (Å²) in [5, 5.41) is 3.52. The van der Waals surface area contributed by atoms with Crippen molar-refractivity contribution in [2.45, 2.75) is 59.5 Å². The number of aromatic nitrogens is 2. The second kappa shape index (κ2) is 7.14. The summed E-state index contributed by atoms with van der Waals surface area (Å²) in [4.78, 5) is 11.4. The van der Waals surface area contributed by atoms with Crippen LogP contribution in [0.4, 0.5) is 0 Å². The van der Waals surface area contributed by atoms with Gasteiger partial charge in [0.25, 0.3) is 0 Å². The summed E-state index contributed by atoms with van der Waals surface area (Å²) in [5.74, 6) is 0.918. The van der Waals surface area contributed by atoms with Gasteiger partial charge >= 0.3 is 0 Å². The molecule has 0 aromatic carbocycles. The summed E-state index contributed by atoms with van der Waals surface area (Å²) in [6, 6.07) is 0. The zero-order valence-electron chi connectivity index (χ0n) is 14.2. The van der Waals surface area contributed by atoms with Crippen molar-refractivity contribution in [2.75, 3.05) is 20.6 Å². The van der Waals surface area contributed by atoms with Crippen molar-refractivity contribution >= 4 is 0 Å². The summed E-state index contributed by atoms with van der Waals surface area (Å²) >= 11 is 0. The second-order valence-corrected chi connectivity index (χ2v) is 6.81. The largest absolute Gasteiger partial charge is 0.312 e. The first-order valence-corrected chi connectivity index (χ1v) is 7.42. The molecule has 0 unspecified atom stereocenters. The highest BCUT2D eigenvalue weighted by atomic mass is 15.1. The van der Waals surface area contributed by atoms with Gasteiger partial charge in [-0.2, -0.15) is 0 Å². The molecule has 114 valence electrons. The lowest BCUT2D eigenvalue weighted by molar-refractivity contribution is 0.389. The molecule has 0 saturated carbocycles. The smallest absolute Gasteiger partial charge is 0.142 e. The van der Waals surface area contributed by atoms with Crippen LogP contribution in [0.25, 0.3) is 0 Å². The molecule has 1 aromatic heterocycles. The van der Waals surface area contributed by atoms with Crippen LogP contribution in [0, 0.1) is 13.8 Å². The Labute approximate surface area is 124 Å². The van der Waals surface area contributed by atoms with Gasteiger partial charge in [0.2, 0.25) is 0 Å². The third-order valence-electron chi connectivity index (χ3n) is 3.18. The lowest BCUT2D eigenvalue weighted by atomic mass is 10.1. The van der Waals surface area contributed by atoms with Crippen LogP contribution in [0.5, 0.6) is 0 Å². The molecule has 0 aliphatic heterocycles. The first-order chi connectivity index (χ1) is 9.19. The molecule has 1 N–H and O–H groups in total. The normalized spacial score (nSPS) is 12.2. The molecule has 0 amide bonds. The number of rotatable bonds is 6. The van der Waals surface area contributed by atoms with E-state index in [-0.39, 0.29) is 5.54 Å². The second-order valence-electron chi connectivity index (χ2n) is 6.81. The Balaban J connectivity index is 2.62. The average Bonchev–Trinajstić information content (AvgIpc) is 2.24. The first-order valence-electron chi connectivity index (χ1n) is 7.42. The molecule has 0 radical (unpaired) electrons. The van der Waals surface area contributed by atoms with Crippen LogP contribution in [0.3, 0.4) is 0 Å². The van der Waals surface area contributed by atoms with Crippen molar-refractivity contribution in [1.82, 2.24) is 20.2 Å². The lowest BCUT2D eigenvalue weighted by Crippen LogP contribution is -2.36. The van der Waals surface area contributed by atoms with Gasteiger partial charge in [0, 0.05) is 16.9 Å². The Morgan fingerprint density at radius 3 is 2.05 bits per heavy atom. The zero-order valence-corrected chi connectivity index (χ0v) is 14.2. The molecule has 0 fully saturated rings. The molecule has 0 aliphatic rings. The molecule has 0 spiro atoms. The summed E-state index contributed by atoms with van der Waals surface area (Å²) in [6.07, 6.45) is 2.17. The van der Waals surface area contributed by atoms with E-state index in [2.05, 4.69) is 54.8 Å². The zero-order chi connectivity index (χ0) is 15.3. The van der Waals surface area contributed by atoms with E-state index in [1.807, 2.05) is 14.1 Å². The predicted molar refractivity (Wildman–Crippen MR) is 85.0 cm³/mol. The van der Waals surface area contributed by atoms with Crippen LogP contribution in [0.1, 0.15) is 50.0 Å². The molecule has 4 nitrogen and oxygen atoms in total. The average molecular weight is 278 g/mol. The van der Waals surface area contributed by atoms with Gasteiger partial charge in [0.1, 0.15) is 5.82 Å². The highest BCUT2D eigenvalue weighted by Crippen LogP contribution is 2.13. The van der Waals surface area contributed by atoms with Crippen LogP contribution in [0.15, 0.2) is 0 Å². The monoisotopic (exact) mass is 278 g/mol. The maximum absolute atomic E-state index is 4.63. The predicted octanol–water partition coefficient (Wildman–Crippen LogP) is 2.48. The highest BCUT2D eigenvalue weighted by Gasteiger charge is 2.11. The molecule has 20 heavy (non-hydrogen) atoms. The molecule has 0 aliphatic carbocycles. The topological polar surface area (TPSA) is 41.1 Å². The van der Waals surface area contributed by atoms with E-state index < -0.39 is 0 Å². The fraction of sp³-hybridized carbons (Fsp3) is 0.750. The number of hydrogen-bond donors (Lipinski definition) is 1. The van der Waals surface area contributed by atoms with E-state index in [1.165, 1.54) is 5.56 Å². The minimum absolute atomic E-state index is 0.191. The van der Waals surface area contributed by atoms with Gasteiger partial charge in [-0.3, -0.25) is 0 Å². The van der Waals surface area contributed by atoms with Crippen molar-refractivity contribution in [1.29, 1.82) is 0 Å². The van der Waals surface area contributed by atoms with Crippen LogP contribution in [-0.4, -0.2) is 41.0 Å². The van der Waals surface area contributed by atoms with Crippen LogP contribution in [-0.2, 0) is 13.0 Å². The third kappa shape index (κ3) is 5.97. The van der Waals surface area contributed by atoms with Crippen molar-refractivity contribution in [2.24, 2.45) is 0 Å². The lowest BCUT2D eigenvalue weighted by Gasteiger charge is -2.20. The molecule has 0 saturated heterocycles. The minimum atomic E-state index is 0.191. The van der Waals surface area contributed by atoms with Gasteiger partial charge in [0.05, 0.1) is 6.54 Å². The molecule has 1 aromatic rings. The standard InChI is InChI=1S/C16H30N4/c1-12-14(9-8-10-17-16(3,4)5)13(2)19-15(18-12)11-20(6)7/h17H,8-11H2,1-7H3. The van der Waals surface area contributed by atoms with E-state index >= 15 is 0 Å². The number of aryl methyl sites for hydroxylation is 2. The molecule has 1 rings (SSSR count). The maximum Gasteiger partial charge on any atom is 0.142 e. The molecular weight excluding hydrogens is 248 g/mol. The molecular formula is C16H30N4. The van der Waals surface area contributed by atoms with E-state index in [9.17, 15) is 0 Å². The Morgan fingerprint density at radius 2 is 1.60 bits per heavy atom. The Bertz CT molecular complexity index is 410. The van der Waals surface area contributed by atoms with Gasteiger partial charge in [0.15, 0.2) is 0 Å². The summed E-state index contributed by atoms with van der Waals surface area (Å²) < 4.78 is 0. The Kier molecular flexibility index (Phi) is 6.08. The van der Waals surface area contributed by atoms with Crippen molar-refractivity contribution in [3.63, 3.8) is 0 Å². The quantitative estimate of drug-likeness (QED) is 0.812. The van der Waals surface area contributed by atoms with Crippen LogP contribution in [0.2, 0.25) is 0 Å². The number of nitrogens with zero attached hydrogens (tertiary/aromatic N) is 3.